The Bertz CT molecular complexity index is 4730. The van der Waals surface area contributed by atoms with Gasteiger partial charge in [-0.2, -0.15) is 38.3 Å². The Labute approximate surface area is 560 Å². The van der Waals surface area contributed by atoms with Gasteiger partial charge in [0.05, 0.1) is 23.2 Å². The molecule has 12 aromatic rings. The molecular weight excluding hydrogens is 1330 g/mol. The number of rotatable bonds is 11. The average Bonchev–Trinajstić information content (AvgIpc) is 1.59. The van der Waals surface area contributed by atoms with E-state index < -0.39 is 121 Å². The number of benzene rings is 10. The lowest BCUT2D eigenvalue weighted by Crippen LogP contribution is -2.48. The molecule has 1 fully saturated rings. The SMILES string of the molecule is N#CC1C(=O)C(Cl)C(Cl)C(=O)C1C#N.O=C(Oc1c(F)c(F)c(F)c(F)c1F)c1n[nH]c2ccccc12.O=C(Oc1c(F)c(F)c(F)c(F)c1F)c1nn(C(c2ccccc2)(c2ccccc2)c2ccccc2)c2ccccc12.c1ccc(C(c2ccccc2)c2ccccc2)cc1. The van der Waals surface area contributed by atoms with E-state index in [1.807, 2.05) is 91.0 Å². The number of hydrogen-bond donors (Lipinski definition) is 1. The van der Waals surface area contributed by atoms with Crippen molar-refractivity contribution < 1.29 is 72.6 Å². The minimum atomic E-state index is -2.36. The first-order valence-corrected chi connectivity index (χ1v) is 30.0. The summed E-state index contributed by atoms with van der Waals surface area (Å²) in [4.78, 5) is 48.0. The Hall–Kier alpha value is -11.7. The zero-order chi connectivity index (χ0) is 69.9. The molecule has 0 spiro atoms. The number of fused-ring (bicyclic) bond motifs is 2. The molecule has 24 heteroatoms. The van der Waals surface area contributed by atoms with Crippen LogP contribution < -0.4 is 9.47 Å². The van der Waals surface area contributed by atoms with Gasteiger partial charge in [-0.15, -0.1) is 23.2 Å². The standard InChI is InChI=1S/C33H19F5N2O2.C19H16.C14H5F5N2O2.C8H4Cl2N2O2/c34-25-26(35)28(37)31(29(38)27(25)36)42-32(41)30-23-18-10-11-19-24(23)40(39-30)33(20-12-4-1-5-13-20,21-14-6-2-7-15-21)22-16-8-3-9-17-22;1-4-10-16(11-5-1)19(17-12-6-2-7-13-17)18-14-8-3-9-15-18;15-7-8(16)10(18)13(11(19)9(7)17)23-14(22)12-5-3-1-2-4-6(5)20-21-12;9-5-6(10)8(14)4(2-12)3(1-11)7(5)13/h1-19H;1-15,19H;1-4H,(H,20,21);3-6H. The normalized spacial score (nSPS) is 14.9. The zero-order valence-electron chi connectivity index (χ0n) is 50.0. The lowest BCUT2D eigenvalue weighted by atomic mass is 9.77. The summed E-state index contributed by atoms with van der Waals surface area (Å²) in [6, 6.07) is 76.3. The van der Waals surface area contributed by atoms with Crippen molar-refractivity contribution in [3.63, 3.8) is 0 Å². The summed E-state index contributed by atoms with van der Waals surface area (Å²) in [6.07, 6.45) is 0. The van der Waals surface area contributed by atoms with Crippen LogP contribution in [0, 0.1) is 92.7 Å². The smallest absolute Gasteiger partial charge is 0.365 e. The van der Waals surface area contributed by atoms with Crippen LogP contribution in [0.25, 0.3) is 21.8 Å². The van der Waals surface area contributed by atoms with E-state index in [4.69, 9.17) is 38.5 Å². The quantitative estimate of drug-likeness (QED) is 0.0249. The molecular formula is C74H44Cl2F10N6O6. The first-order valence-electron chi connectivity index (χ1n) is 29.1. The molecule has 2 heterocycles. The number of alkyl halides is 2. The van der Waals surface area contributed by atoms with E-state index in [9.17, 15) is 63.1 Å². The average molecular weight is 1370 g/mol. The van der Waals surface area contributed by atoms with Crippen molar-refractivity contribution in [2.24, 2.45) is 11.8 Å². The maximum absolute atomic E-state index is 14.4. The molecule has 0 aliphatic heterocycles. The second-order valence-corrected chi connectivity index (χ2v) is 22.2. The predicted octanol–water partition coefficient (Wildman–Crippen LogP) is 16.8. The topological polar surface area (TPSA) is 181 Å². The number of aromatic nitrogens is 4. The third-order valence-corrected chi connectivity index (χ3v) is 16.6. The van der Waals surface area contributed by atoms with E-state index in [0.29, 0.717) is 17.0 Å². The Morgan fingerprint density at radius 1 is 0.429 bits per heavy atom. The van der Waals surface area contributed by atoms with Gasteiger partial charge < -0.3 is 9.47 Å². The van der Waals surface area contributed by atoms with Crippen molar-refractivity contribution in [1.82, 2.24) is 20.0 Å². The fraction of sp³-hybridized carbons (Fsp3) is 0.0811. The largest absolute Gasteiger partial charge is 0.415 e. The van der Waals surface area contributed by atoms with E-state index >= 15 is 0 Å². The van der Waals surface area contributed by atoms with E-state index in [1.54, 1.807) is 59.3 Å². The summed E-state index contributed by atoms with van der Waals surface area (Å²) in [5, 5.41) is 26.0. The van der Waals surface area contributed by atoms with Crippen molar-refractivity contribution in [1.29, 1.82) is 10.5 Å². The molecule has 12 nitrogen and oxygen atoms in total. The van der Waals surface area contributed by atoms with Crippen LogP contribution in [0.2, 0.25) is 0 Å². The first-order chi connectivity index (χ1) is 47.3. The molecule has 2 aromatic heterocycles. The second-order valence-electron chi connectivity index (χ2n) is 21.3. The van der Waals surface area contributed by atoms with E-state index in [1.165, 1.54) is 22.8 Å². The summed E-state index contributed by atoms with van der Waals surface area (Å²) >= 11 is 11.1. The summed E-state index contributed by atoms with van der Waals surface area (Å²) in [7, 11) is 0. The van der Waals surface area contributed by atoms with Crippen LogP contribution in [0.15, 0.2) is 231 Å². The van der Waals surface area contributed by atoms with Crippen molar-refractivity contribution in [2.45, 2.75) is 22.2 Å². The van der Waals surface area contributed by atoms with E-state index in [2.05, 4.69) is 111 Å². The monoisotopic (exact) mass is 1370 g/mol. The number of carbonyl (C=O) groups excluding carboxylic acids is 4. The molecule has 13 rings (SSSR count). The van der Waals surface area contributed by atoms with Crippen LogP contribution >= 0.6 is 23.2 Å². The van der Waals surface area contributed by atoms with Crippen molar-refractivity contribution in [3.8, 4) is 23.6 Å². The third kappa shape index (κ3) is 13.6. The van der Waals surface area contributed by atoms with Gasteiger partial charge in [-0.3, -0.25) is 14.7 Å². The number of nitriles is 2. The number of aromatic amines is 1. The lowest BCUT2D eigenvalue weighted by Gasteiger charge is -2.37. The molecule has 0 bridgehead atoms. The maximum atomic E-state index is 14.4. The maximum Gasteiger partial charge on any atom is 0.365 e. The van der Waals surface area contributed by atoms with Gasteiger partial charge in [0.25, 0.3) is 0 Å². The zero-order valence-corrected chi connectivity index (χ0v) is 51.6. The molecule has 4 atom stereocenters. The molecule has 10 aromatic carbocycles. The third-order valence-electron chi connectivity index (χ3n) is 15.5. The Morgan fingerprint density at radius 3 is 1.10 bits per heavy atom. The van der Waals surface area contributed by atoms with Gasteiger partial charge in [-0.05, 0) is 45.5 Å². The molecule has 0 saturated heterocycles. The van der Waals surface area contributed by atoms with E-state index in [-0.39, 0.29) is 22.2 Å². The number of nitrogens with zero attached hydrogens (tertiary/aromatic N) is 5. The van der Waals surface area contributed by atoms with Crippen LogP contribution in [-0.2, 0) is 15.1 Å². The minimum absolute atomic E-state index is 0.235. The molecule has 1 saturated carbocycles. The molecule has 1 N–H and O–H groups in total. The molecule has 0 amide bonds. The Balaban J connectivity index is 0.000000156. The highest BCUT2D eigenvalue weighted by Gasteiger charge is 2.49. The fourth-order valence-electron chi connectivity index (χ4n) is 10.9. The second kappa shape index (κ2) is 30.3. The van der Waals surface area contributed by atoms with Crippen LogP contribution in [-0.4, -0.2) is 54.2 Å². The number of carbonyl (C=O) groups is 4. The lowest BCUT2D eigenvalue weighted by molar-refractivity contribution is -0.133. The van der Waals surface area contributed by atoms with Crippen molar-refractivity contribution in [3.05, 3.63) is 333 Å². The molecule has 1 aliphatic rings. The number of para-hydroxylation sites is 2. The van der Waals surface area contributed by atoms with Gasteiger partial charge in [0.2, 0.25) is 69.7 Å². The molecule has 0 radical (unpaired) electrons. The van der Waals surface area contributed by atoms with E-state index in [0.717, 1.165) is 16.7 Å². The Morgan fingerprint density at radius 2 is 0.735 bits per heavy atom. The highest BCUT2D eigenvalue weighted by molar-refractivity contribution is 6.45. The minimum Gasteiger partial charge on any atom is -0.415 e. The van der Waals surface area contributed by atoms with Crippen LogP contribution in [0.1, 0.15) is 60.3 Å². The molecule has 4 unspecified atom stereocenters. The summed E-state index contributed by atoms with van der Waals surface area (Å²) in [5.41, 5.74) is 5.27. The number of nitrogens with one attached hydrogen (secondary N) is 1. The van der Waals surface area contributed by atoms with Crippen molar-refractivity contribution in [2.75, 3.05) is 0 Å². The van der Waals surface area contributed by atoms with Gasteiger partial charge in [0, 0.05) is 16.7 Å². The summed E-state index contributed by atoms with van der Waals surface area (Å²) < 4.78 is 147. The van der Waals surface area contributed by atoms with Gasteiger partial charge in [-0.25, -0.2) is 40.6 Å². The highest BCUT2D eigenvalue weighted by Crippen LogP contribution is 2.44. The van der Waals surface area contributed by atoms with Crippen LogP contribution in [0.4, 0.5) is 43.9 Å². The number of halogens is 12. The number of esters is 2. The van der Waals surface area contributed by atoms with Crippen molar-refractivity contribution >= 4 is 68.5 Å². The molecule has 490 valence electrons. The highest BCUT2D eigenvalue weighted by atomic mass is 35.5. The van der Waals surface area contributed by atoms with Gasteiger partial charge in [0.1, 0.15) is 28.1 Å². The number of ether oxygens (including phenoxy) is 2. The number of hydrogen-bond acceptors (Lipinski definition) is 10. The summed E-state index contributed by atoms with van der Waals surface area (Å²) in [5.74, 6) is -32.3. The van der Waals surface area contributed by atoms with Gasteiger partial charge in [-0.1, -0.05) is 218 Å². The predicted molar refractivity (Wildman–Crippen MR) is 341 cm³/mol. The summed E-state index contributed by atoms with van der Waals surface area (Å²) in [6.45, 7) is 0. The fourth-order valence-corrected chi connectivity index (χ4v) is 11.4. The molecule has 1 aliphatic carbocycles. The molecule has 98 heavy (non-hydrogen) atoms. The van der Waals surface area contributed by atoms with Crippen LogP contribution in [0.5, 0.6) is 11.5 Å². The number of ketones is 2. The first kappa shape index (κ1) is 69.1. The van der Waals surface area contributed by atoms with Gasteiger partial charge >= 0.3 is 11.9 Å². The number of Topliss-reactive ketones (excluding diaryl/α,β-unsaturated/α-hetero) is 2. The Kier molecular flexibility index (Phi) is 21.4. The van der Waals surface area contributed by atoms with Crippen LogP contribution in [0.3, 0.4) is 0 Å². The number of H-pyrrole nitrogens is 1. The van der Waals surface area contributed by atoms with Gasteiger partial charge in [0.15, 0.2) is 23.0 Å².